The van der Waals surface area contributed by atoms with Gasteiger partial charge in [-0.15, -0.1) is 0 Å². The SMILES string of the molecule is CNCC1(C2CCCCCC2)CCOC1. The van der Waals surface area contributed by atoms with E-state index in [1.54, 1.807) is 0 Å². The summed E-state index contributed by atoms with van der Waals surface area (Å²) in [6, 6.07) is 0. The van der Waals surface area contributed by atoms with Crippen LogP contribution in [0.2, 0.25) is 0 Å². The topological polar surface area (TPSA) is 21.3 Å². The standard InChI is InChI=1S/C13H25NO/c1-14-10-13(8-9-15-11-13)12-6-4-2-3-5-7-12/h12,14H,2-11H2,1H3. The molecule has 0 spiro atoms. The van der Waals surface area contributed by atoms with E-state index in [9.17, 15) is 0 Å². The van der Waals surface area contributed by atoms with Gasteiger partial charge in [0.05, 0.1) is 6.61 Å². The minimum absolute atomic E-state index is 0.471. The summed E-state index contributed by atoms with van der Waals surface area (Å²) in [7, 11) is 2.08. The molecule has 1 N–H and O–H groups in total. The minimum Gasteiger partial charge on any atom is -0.381 e. The second-order valence-corrected chi connectivity index (χ2v) is 5.38. The quantitative estimate of drug-likeness (QED) is 0.724. The number of hydrogen-bond donors (Lipinski definition) is 1. The van der Waals surface area contributed by atoms with Gasteiger partial charge >= 0.3 is 0 Å². The zero-order chi connectivity index (χ0) is 10.6. The Balaban J connectivity index is 2.01. The predicted octanol–water partition coefficient (Wildman–Crippen LogP) is 2.58. The maximum absolute atomic E-state index is 5.67. The molecule has 0 bridgehead atoms. The van der Waals surface area contributed by atoms with Crippen molar-refractivity contribution in [1.29, 1.82) is 0 Å². The van der Waals surface area contributed by atoms with Crippen molar-refractivity contribution in [2.75, 3.05) is 26.8 Å². The first-order valence-corrected chi connectivity index (χ1v) is 6.60. The van der Waals surface area contributed by atoms with Gasteiger partial charge in [0.25, 0.3) is 0 Å². The Kier molecular flexibility index (Phi) is 4.04. The van der Waals surface area contributed by atoms with Crippen LogP contribution in [0.5, 0.6) is 0 Å². The van der Waals surface area contributed by atoms with Crippen LogP contribution in [0.15, 0.2) is 0 Å². The van der Waals surface area contributed by atoms with Crippen LogP contribution in [-0.4, -0.2) is 26.8 Å². The second kappa shape index (κ2) is 5.31. The van der Waals surface area contributed by atoms with Crippen LogP contribution in [0.25, 0.3) is 0 Å². The van der Waals surface area contributed by atoms with Crippen molar-refractivity contribution in [2.24, 2.45) is 11.3 Å². The first-order chi connectivity index (χ1) is 7.37. The van der Waals surface area contributed by atoms with Crippen LogP contribution in [0.3, 0.4) is 0 Å². The van der Waals surface area contributed by atoms with E-state index in [1.807, 2.05) is 0 Å². The van der Waals surface area contributed by atoms with Gasteiger partial charge in [-0.25, -0.2) is 0 Å². The Morgan fingerprint density at radius 1 is 1.20 bits per heavy atom. The number of hydrogen-bond acceptors (Lipinski definition) is 2. The highest BCUT2D eigenvalue weighted by atomic mass is 16.5. The average molecular weight is 211 g/mol. The van der Waals surface area contributed by atoms with Gasteiger partial charge in [-0.3, -0.25) is 0 Å². The van der Waals surface area contributed by atoms with Crippen molar-refractivity contribution in [3.63, 3.8) is 0 Å². The van der Waals surface area contributed by atoms with E-state index in [0.29, 0.717) is 5.41 Å². The molecule has 1 saturated heterocycles. The summed E-state index contributed by atoms with van der Waals surface area (Å²) in [5, 5.41) is 3.39. The Hall–Kier alpha value is -0.0800. The molecule has 1 aliphatic heterocycles. The largest absolute Gasteiger partial charge is 0.381 e. The van der Waals surface area contributed by atoms with Crippen LogP contribution in [0.1, 0.15) is 44.9 Å². The van der Waals surface area contributed by atoms with E-state index < -0.39 is 0 Å². The third-order valence-electron chi connectivity index (χ3n) is 4.38. The highest BCUT2D eigenvalue weighted by molar-refractivity contribution is 4.91. The molecule has 2 rings (SSSR count). The van der Waals surface area contributed by atoms with Crippen LogP contribution in [0, 0.1) is 11.3 Å². The van der Waals surface area contributed by atoms with E-state index in [0.717, 1.165) is 25.7 Å². The lowest BCUT2D eigenvalue weighted by Crippen LogP contribution is -2.39. The lowest BCUT2D eigenvalue weighted by atomic mass is 9.71. The van der Waals surface area contributed by atoms with Crippen molar-refractivity contribution in [2.45, 2.75) is 44.9 Å². The maximum Gasteiger partial charge on any atom is 0.0538 e. The zero-order valence-electron chi connectivity index (χ0n) is 10.1. The fourth-order valence-corrected chi connectivity index (χ4v) is 3.47. The molecule has 2 nitrogen and oxygen atoms in total. The van der Waals surface area contributed by atoms with E-state index in [2.05, 4.69) is 12.4 Å². The van der Waals surface area contributed by atoms with E-state index in [4.69, 9.17) is 4.74 Å². The van der Waals surface area contributed by atoms with Gasteiger partial charge in [0.1, 0.15) is 0 Å². The third-order valence-corrected chi connectivity index (χ3v) is 4.38. The summed E-state index contributed by atoms with van der Waals surface area (Å²) in [6.07, 6.45) is 9.93. The van der Waals surface area contributed by atoms with Crippen LogP contribution in [-0.2, 0) is 4.74 Å². The summed E-state index contributed by atoms with van der Waals surface area (Å²) in [6.45, 7) is 3.13. The van der Waals surface area contributed by atoms with Gasteiger partial charge in [-0.2, -0.15) is 0 Å². The Morgan fingerprint density at radius 2 is 1.93 bits per heavy atom. The molecule has 1 aliphatic carbocycles. The monoisotopic (exact) mass is 211 g/mol. The molecule has 15 heavy (non-hydrogen) atoms. The molecule has 1 saturated carbocycles. The Bertz CT molecular complexity index is 179. The van der Waals surface area contributed by atoms with E-state index in [1.165, 1.54) is 44.9 Å². The fraction of sp³-hybridized carbons (Fsp3) is 1.00. The lowest BCUT2D eigenvalue weighted by molar-refractivity contribution is 0.0966. The number of nitrogens with one attached hydrogen (secondary N) is 1. The third kappa shape index (κ3) is 2.54. The normalized spacial score (nSPS) is 34.2. The maximum atomic E-state index is 5.67. The van der Waals surface area contributed by atoms with Gasteiger partial charge < -0.3 is 10.1 Å². The van der Waals surface area contributed by atoms with Crippen molar-refractivity contribution in [3.05, 3.63) is 0 Å². The summed E-state index contributed by atoms with van der Waals surface area (Å²) >= 11 is 0. The van der Waals surface area contributed by atoms with Crippen molar-refractivity contribution in [1.82, 2.24) is 5.32 Å². The second-order valence-electron chi connectivity index (χ2n) is 5.38. The smallest absolute Gasteiger partial charge is 0.0538 e. The highest BCUT2D eigenvalue weighted by Crippen LogP contribution is 2.43. The molecule has 0 aromatic rings. The molecule has 0 aromatic carbocycles. The molecule has 88 valence electrons. The van der Waals surface area contributed by atoms with Gasteiger partial charge in [0, 0.05) is 18.6 Å². The molecule has 0 aromatic heterocycles. The van der Waals surface area contributed by atoms with Crippen molar-refractivity contribution in [3.8, 4) is 0 Å². The predicted molar refractivity (Wildman–Crippen MR) is 63.0 cm³/mol. The summed E-state index contributed by atoms with van der Waals surface area (Å²) < 4.78 is 5.67. The van der Waals surface area contributed by atoms with Crippen LogP contribution >= 0.6 is 0 Å². The lowest BCUT2D eigenvalue weighted by Gasteiger charge is -2.36. The molecule has 0 amide bonds. The minimum atomic E-state index is 0.471. The first kappa shape index (κ1) is 11.4. The molecule has 0 radical (unpaired) electrons. The fourth-order valence-electron chi connectivity index (χ4n) is 3.47. The molecular formula is C13H25NO. The zero-order valence-corrected chi connectivity index (χ0v) is 10.1. The summed E-state index contributed by atoms with van der Waals surface area (Å²) in [5.74, 6) is 0.912. The molecule has 1 atom stereocenters. The highest BCUT2D eigenvalue weighted by Gasteiger charge is 2.41. The molecule has 1 unspecified atom stereocenters. The Morgan fingerprint density at radius 3 is 2.47 bits per heavy atom. The van der Waals surface area contributed by atoms with Gasteiger partial charge in [-0.05, 0) is 32.2 Å². The molecule has 2 heteroatoms. The molecular weight excluding hydrogens is 186 g/mol. The number of rotatable bonds is 3. The van der Waals surface area contributed by atoms with Crippen LogP contribution < -0.4 is 5.32 Å². The van der Waals surface area contributed by atoms with Gasteiger partial charge in [0.2, 0.25) is 0 Å². The van der Waals surface area contributed by atoms with E-state index >= 15 is 0 Å². The Labute approximate surface area is 93.8 Å². The summed E-state index contributed by atoms with van der Waals surface area (Å²) in [4.78, 5) is 0. The number of ether oxygens (including phenoxy) is 1. The molecule has 2 aliphatic rings. The van der Waals surface area contributed by atoms with Crippen LogP contribution in [0.4, 0.5) is 0 Å². The summed E-state index contributed by atoms with van der Waals surface area (Å²) in [5.41, 5.74) is 0.471. The first-order valence-electron chi connectivity index (χ1n) is 6.60. The van der Waals surface area contributed by atoms with Gasteiger partial charge in [-0.1, -0.05) is 25.7 Å². The molecule has 2 fully saturated rings. The molecule has 1 heterocycles. The van der Waals surface area contributed by atoms with Crippen molar-refractivity contribution < 1.29 is 4.74 Å². The van der Waals surface area contributed by atoms with E-state index in [-0.39, 0.29) is 0 Å². The van der Waals surface area contributed by atoms with Gasteiger partial charge in [0.15, 0.2) is 0 Å². The van der Waals surface area contributed by atoms with Crippen molar-refractivity contribution >= 4 is 0 Å². The average Bonchev–Trinajstić information content (AvgIpc) is 2.54.